The fourth-order valence-electron chi connectivity index (χ4n) is 4.49. The molecule has 0 aromatic heterocycles. The first-order valence-corrected chi connectivity index (χ1v) is 17.6. The number of anilines is 4. The van der Waals surface area contributed by atoms with E-state index in [2.05, 4.69) is 26.7 Å². The van der Waals surface area contributed by atoms with Crippen LogP contribution in [-0.2, 0) is 29.6 Å². The average molecular weight is 740 g/mol. The Kier molecular flexibility index (Phi) is 9.60. The highest BCUT2D eigenvalue weighted by Gasteiger charge is 2.52. The number of halogens is 4. The van der Waals surface area contributed by atoms with Crippen molar-refractivity contribution in [3.8, 4) is 0 Å². The molecule has 10 nitrogen and oxygen atoms in total. The lowest BCUT2D eigenvalue weighted by Gasteiger charge is -2.12. The number of carbonyl (C=O) groups excluding carboxylic acids is 2. The van der Waals surface area contributed by atoms with Crippen molar-refractivity contribution in [2.24, 2.45) is 11.8 Å². The van der Waals surface area contributed by atoms with Crippen LogP contribution in [0.25, 0.3) is 0 Å². The van der Waals surface area contributed by atoms with Gasteiger partial charge in [-0.2, -0.15) is 0 Å². The Morgan fingerprint density at radius 2 is 0.957 bits per heavy atom. The number of rotatable bonds is 10. The Morgan fingerprint density at radius 1 is 0.565 bits per heavy atom. The lowest BCUT2D eigenvalue weighted by atomic mass is 10.2. The van der Waals surface area contributed by atoms with Gasteiger partial charge >= 0.3 is 0 Å². The van der Waals surface area contributed by atoms with Crippen LogP contribution in [0.2, 0.25) is 20.1 Å². The van der Waals surface area contributed by atoms with E-state index in [1.54, 1.807) is 24.3 Å². The highest BCUT2D eigenvalue weighted by Crippen LogP contribution is 2.46. The molecule has 0 saturated heterocycles. The van der Waals surface area contributed by atoms with E-state index in [1.807, 2.05) is 0 Å². The van der Waals surface area contributed by atoms with E-state index in [1.165, 1.54) is 60.7 Å². The van der Waals surface area contributed by atoms with Crippen molar-refractivity contribution >= 4 is 101 Å². The molecule has 0 unspecified atom stereocenters. The van der Waals surface area contributed by atoms with Crippen molar-refractivity contribution in [1.82, 2.24) is 0 Å². The highest BCUT2D eigenvalue weighted by atomic mass is 35.5. The van der Waals surface area contributed by atoms with Crippen LogP contribution in [0.4, 0.5) is 22.7 Å². The fourth-order valence-corrected chi connectivity index (χ4v) is 8.03. The van der Waals surface area contributed by atoms with Crippen LogP contribution in [-0.4, -0.2) is 28.6 Å². The molecule has 46 heavy (non-hydrogen) atoms. The molecule has 0 spiro atoms. The Bertz CT molecular complexity index is 1980. The fraction of sp³-hybridized carbons (Fsp3) is 0.0667. The molecule has 238 valence electrons. The van der Waals surface area contributed by atoms with Crippen LogP contribution in [0.5, 0.6) is 0 Å². The van der Waals surface area contributed by atoms with E-state index >= 15 is 0 Å². The van der Waals surface area contributed by atoms with Gasteiger partial charge in [-0.1, -0.05) is 70.7 Å². The summed E-state index contributed by atoms with van der Waals surface area (Å²) in [5, 5.41) is 5.65. The number of hydrogen-bond acceptors (Lipinski definition) is 6. The van der Waals surface area contributed by atoms with Crippen molar-refractivity contribution in [2.45, 2.75) is 9.79 Å². The third-order valence-electron chi connectivity index (χ3n) is 6.72. The second-order valence-corrected chi connectivity index (χ2v) is 15.0. The van der Waals surface area contributed by atoms with Gasteiger partial charge in [0.2, 0.25) is 11.8 Å². The molecule has 1 aliphatic carbocycles. The van der Waals surface area contributed by atoms with Crippen LogP contribution in [0, 0.1) is 11.8 Å². The quantitative estimate of drug-likeness (QED) is 0.126. The van der Waals surface area contributed by atoms with Gasteiger partial charge < -0.3 is 10.6 Å². The molecule has 0 radical (unpaired) electrons. The standard InChI is InChI=1S/C30H22Cl4N4O6S2/c1-16-27(29(39)35-19-8-10-23(33)25(14-19)45(41,42)37-21-6-2-4-17(31)12-21)28(16)30(40)36-20-9-11-24(34)26(15-20)46(43,44)38-22-7-3-5-18(32)13-22/h2-15,27-28,37-38H,1H2,(H,35,39)(H,36,40)/t27-,28-/m1/s1. The van der Waals surface area contributed by atoms with Gasteiger partial charge in [-0.25, -0.2) is 16.8 Å². The Morgan fingerprint density at radius 3 is 1.33 bits per heavy atom. The van der Waals surface area contributed by atoms with E-state index in [9.17, 15) is 26.4 Å². The molecule has 0 aliphatic heterocycles. The average Bonchev–Trinajstić information content (AvgIpc) is 3.65. The molecule has 1 aliphatic rings. The van der Waals surface area contributed by atoms with E-state index in [0.29, 0.717) is 15.6 Å². The molecule has 1 saturated carbocycles. The maximum atomic E-state index is 13.1. The van der Waals surface area contributed by atoms with Gasteiger partial charge in [0.15, 0.2) is 0 Å². The summed E-state index contributed by atoms with van der Waals surface area (Å²) in [6, 6.07) is 20.0. The smallest absolute Gasteiger partial charge is 0.263 e. The van der Waals surface area contributed by atoms with Crippen LogP contribution >= 0.6 is 46.4 Å². The van der Waals surface area contributed by atoms with Crippen molar-refractivity contribution in [3.63, 3.8) is 0 Å². The molecule has 2 amide bonds. The molecule has 0 bridgehead atoms. The van der Waals surface area contributed by atoms with Crippen molar-refractivity contribution in [3.05, 3.63) is 117 Å². The molecular weight excluding hydrogens is 718 g/mol. The monoisotopic (exact) mass is 738 g/mol. The van der Waals surface area contributed by atoms with Gasteiger partial charge in [-0.05, 0) is 72.8 Å². The van der Waals surface area contributed by atoms with Crippen LogP contribution in [0.1, 0.15) is 0 Å². The second kappa shape index (κ2) is 13.1. The zero-order valence-corrected chi connectivity index (χ0v) is 27.9. The lowest BCUT2D eigenvalue weighted by Crippen LogP contribution is -2.21. The summed E-state index contributed by atoms with van der Waals surface area (Å²) in [6.07, 6.45) is 0. The Labute approximate surface area is 284 Å². The first-order chi connectivity index (χ1) is 21.6. The minimum atomic E-state index is -4.17. The number of carbonyl (C=O) groups is 2. The van der Waals surface area contributed by atoms with Gasteiger partial charge in [0.25, 0.3) is 20.0 Å². The van der Waals surface area contributed by atoms with Crippen molar-refractivity contribution in [2.75, 3.05) is 20.1 Å². The summed E-state index contributed by atoms with van der Waals surface area (Å²) < 4.78 is 56.9. The summed E-state index contributed by atoms with van der Waals surface area (Å²) >= 11 is 24.2. The van der Waals surface area contributed by atoms with E-state index in [-0.39, 0.29) is 42.6 Å². The maximum Gasteiger partial charge on any atom is 0.263 e. The second-order valence-electron chi connectivity index (χ2n) is 10.0. The maximum absolute atomic E-state index is 13.1. The largest absolute Gasteiger partial charge is 0.325 e. The molecule has 4 N–H and O–H groups in total. The molecular formula is C30H22Cl4N4O6S2. The van der Waals surface area contributed by atoms with Gasteiger partial charge in [0, 0.05) is 21.4 Å². The highest BCUT2D eigenvalue weighted by molar-refractivity contribution is 7.93. The van der Waals surface area contributed by atoms with Crippen molar-refractivity contribution < 1.29 is 26.4 Å². The van der Waals surface area contributed by atoms with Crippen LogP contribution in [0.3, 0.4) is 0 Å². The third kappa shape index (κ3) is 7.60. The van der Waals surface area contributed by atoms with Gasteiger partial charge in [0.05, 0.1) is 33.3 Å². The number of nitrogens with one attached hydrogen (secondary N) is 4. The number of sulfonamides is 2. The summed E-state index contributed by atoms with van der Waals surface area (Å²) in [6.45, 7) is 3.81. The first-order valence-electron chi connectivity index (χ1n) is 13.1. The number of hydrogen-bond donors (Lipinski definition) is 4. The van der Waals surface area contributed by atoms with E-state index in [4.69, 9.17) is 46.4 Å². The Hall–Kier alpha value is -3.78. The number of amides is 2. The first kappa shape index (κ1) is 33.6. The number of benzene rings is 4. The van der Waals surface area contributed by atoms with Crippen molar-refractivity contribution in [1.29, 1.82) is 0 Å². The summed E-state index contributed by atoms with van der Waals surface area (Å²) in [7, 11) is -8.33. The summed E-state index contributed by atoms with van der Waals surface area (Å²) in [5.74, 6) is -3.08. The molecule has 4 aromatic rings. The molecule has 1 fully saturated rings. The van der Waals surface area contributed by atoms with Gasteiger partial charge in [-0.15, -0.1) is 0 Å². The molecule has 16 heteroatoms. The summed E-state index contributed by atoms with van der Waals surface area (Å²) in [4.78, 5) is 25.6. The summed E-state index contributed by atoms with van der Waals surface area (Å²) in [5.41, 5.74) is 0.954. The van der Waals surface area contributed by atoms with Crippen LogP contribution < -0.4 is 20.1 Å². The zero-order valence-electron chi connectivity index (χ0n) is 23.2. The predicted molar refractivity (Wildman–Crippen MR) is 181 cm³/mol. The molecule has 4 aromatic carbocycles. The predicted octanol–water partition coefficient (Wildman–Crippen LogP) is 7.28. The van der Waals surface area contributed by atoms with Crippen LogP contribution in [0.15, 0.2) is 107 Å². The minimum absolute atomic E-state index is 0.0901. The van der Waals surface area contributed by atoms with E-state index < -0.39 is 43.7 Å². The molecule has 2 atom stereocenters. The third-order valence-corrected chi connectivity index (χ3v) is 10.9. The lowest BCUT2D eigenvalue weighted by molar-refractivity contribution is -0.122. The zero-order chi connectivity index (χ0) is 33.4. The SMILES string of the molecule is C=C1[C@@H](C(=O)Nc2ccc(Cl)c(S(=O)(=O)Nc3cccc(Cl)c3)c2)[C@@H]1C(=O)Nc1ccc(Cl)c(S(=O)(=O)Nc2cccc(Cl)c2)c1. The topological polar surface area (TPSA) is 151 Å². The van der Waals surface area contributed by atoms with Gasteiger partial charge in [-0.3, -0.25) is 19.0 Å². The molecule has 5 rings (SSSR count). The van der Waals surface area contributed by atoms with Gasteiger partial charge in [0.1, 0.15) is 9.79 Å². The normalized spacial score (nSPS) is 16.0. The Balaban J connectivity index is 1.26. The minimum Gasteiger partial charge on any atom is -0.325 e. The molecule has 0 heterocycles. The van der Waals surface area contributed by atoms with E-state index in [0.717, 1.165) is 0 Å².